The number of unbranched alkanes of at least 4 members (excludes halogenated alkanes) is 1. The number of nitrogens with one attached hydrogen (secondary N) is 2. The van der Waals surface area contributed by atoms with E-state index >= 15 is 0 Å². The van der Waals surface area contributed by atoms with E-state index in [4.69, 9.17) is 24.7 Å². The Morgan fingerprint density at radius 3 is 2.43 bits per heavy atom. The molecule has 0 atom stereocenters. The van der Waals surface area contributed by atoms with Gasteiger partial charge in [-0.05, 0) is 55.0 Å². The largest absolute Gasteiger partial charge is 0.493 e. The van der Waals surface area contributed by atoms with Gasteiger partial charge in [-0.2, -0.15) is 0 Å². The number of ether oxygens (including phenoxy) is 3. The Balaban J connectivity index is 1.94. The molecule has 240 valence electrons. The molecule has 0 saturated heterocycles. The second-order valence-electron chi connectivity index (χ2n) is 11.9. The summed E-state index contributed by atoms with van der Waals surface area (Å²) < 4.78 is 17.3. The lowest BCUT2D eigenvalue weighted by molar-refractivity contribution is -0.137. The highest BCUT2D eigenvalue weighted by Gasteiger charge is 2.31. The van der Waals surface area contributed by atoms with Crippen LogP contribution in [-0.2, 0) is 21.5 Å². The van der Waals surface area contributed by atoms with Gasteiger partial charge < -0.3 is 34.4 Å². The van der Waals surface area contributed by atoms with Gasteiger partial charge in [-0.3, -0.25) is 19.8 Å². The topological polar surface area (TPSA) is 141 Å². The zero-order valence-corrected chi connectivity index (χ0v) is 27.0. The number of amidine groups is 1. The smallest absolute Gasteiger partial charge is 0.303 e. The summed E-state index contributed by atoms with van der Waals surface area (Å²) in [6, 6.07) is 7.14. The lowest BCUT2D eigenvalue weighted by atomic mass is 9.84. The molecule has 3 rings (SSSR count). The molecule has 0 spiro atoms. The Hall–Kier alpha value is -4.12. The molecule has 44 heavy (non-hydrogen) atoms. The Morgan fingerprint density at radius 1 is 1.09 bits per heavy atom. The van der Waals surface area contributed by atoms with E-state index in [2.05, 4.69) is 26.1 Å². The van der Waals surface area contributed by atoms with Gasteiger partial charge in [0, 0.05) is 57.4 Å². The number of carbonyl (C=O) groups is 3. The molecular weight excluding hydrogens is 564 g/mol. The van der Waals surface area contributed by atoms with Gasteiger partial charge in [0.2, 0.25) is 0 Å². The van der Waals surface area contributed by atoms with Crippen molar-refractivity contribution in [1.29, 1.82) is 5.41 Å². The van der Waals surface area contributed by atoms with Crippen molar-refractivity contribution in [2.45, 2.75) is 58.9 Å². The molecule has 11 heteroatoms. The van der Waals surface area contributed by atoms with Crippen LogP contribution < -0.4 is 19.7 Å². The van der Waals surface area contributed by atoms with Crippen molar-refractivity contribution in [3.63, 3.8) is 0 Å². The van der Waals surface area contributed by atoms with Crippen LogP contribution in [-0.4, -0.2) is 87.6 Å². The normalized spacial score (nSPS) is 12.6. The summed E-state index contributed by atoms with van der Waals surface area (Å²) >= 11 is 0. The van der Waals surface area contributed by atoms with E-state index in [0.29, 0.717) is 73.9 Å². The average molecular weight is 611 g/mol. The maximum absolute atomic E-state index is 13.9. The second-order valence-corrected chi connectivity index (χ2v) is 11.9. The van der Waals surface area contributed by atoms with Crippen molar-refractivity contribution in [3.05, 3.63) is 52.1 Å². The molecule has 1 aliphatic rings. The number of nitrogens with zero attached hydrogens (tertiary/aromatic N) is 2. The molecule has 2 aromatic rings. The fourth-order valence-electron chi connectivity index (χ4n) is 5.08. The standard InChI is InChI=1S/C33H46N4O7/c1-8-43-28-17-22-19-37(31(34)23(22)18-24(28)32(41)35-5)20-27(38)21-15-25(33(2,3)4)30(44-13-10-9-11-29(39)40)26(16-21)36(6)12-14-42-7/h15-18,34H,8-14,19-20H2,1-7H3,(H,35,41)(H,39,40). The summed E-state index contributed by atoms with van der Waals surface area (Å²) in [6.07, 6.45) is 1.17. The number of carboxylic acids is 1. The van der Waals surface area contributed by atoms with Gasteiger partial charge in [0.1, 0.15) is 17.3 Å². The van der Waals surface area contributed by atoms with Crippen LogP contribution in [0, 0.1) is 5.41 Å². The molecule has 1 heterocycles. The molecule has 0 fully saturated rings. The lowest BCUT2D eigenvalue weighted by Gasteiger charge is -2.30. The number of rotatable bonds is 16. The molecule has 0 bridgehead atoms. The summed E-state index contributed by atoms with van der Waals surface area (Å²) in [5.74, 6) is -0.00447. The highest BCUT2D eigenvalue weighted by Crippen LogP contribution is 2.40. The van der Waals surface area contributed by atoms with E-state index in [9.17, 15) is 14.4 Å². The molecule has 1 amide bonds. The molecule has 0 saturated carbocycles. The molecule has 0 unspecified atom stereocenters. The van der Waals surface area contributed by atoms with Crippen LogP contribution >= 0.6 is 0 Å². The summed E-state index contributed by atoms with van der Waals surface area (Å²) in [4.78, 5) is 41.0. The Bertz CT molecular complexity index is 1380. The lowest BCUT2D eigenvalue weighted by Crippen LogP contribution is -2.31. The van der Waals surface area contributed by atoms with Gasteiger partial charge in [0.05, 0.1) is 37.6 Å². The van der Waals surface area contributed by atoms with Crippen LogP contribution in [0.5, 0.6) is 11.5 Å². The van der Waals surface area contributed by atoms with Crippen LogP contribution in [0.2, 0.25) is 0 Å². The number of anilines is 1. The number of carbonyl (C=O) groups excluding carboxylic acids is 2. The van der Waals surface area contributed by atoms with Gasteiger partial charge in [0.25, 0.3) is 5.91 Å². The Morgan fingerprint density at radius 2 is 1.82 bits per heavy atom. The van der Waals surface area contributed by atoms with E-state index in [1.165, 1.54) is 0 Å². The molecule has 0 aliphatic carbocycles. The number of carboxylic acid groups (broad SMARTS) is 1. The molecule has 0 aromatic heterocycles. The molecular formula is C33H46N4O7. The first-order chi connectivity index (χ1) is 20.8. The number of aliphatic carboxylic acids is 1. The number of likely N-dealkylation sites (N-methyl/N-ethyl adjacent to an activating group) is 1. The Labute approximate surface area is 260 Å². The molecule has 2 aromatic carbocycles. The van der Waals surface area contributed by atoms with Gasteiger partial charge in [-0.25, -0.2) is 0 Å². The number of amides is 1. The van der Waals surface area contributed by atoms with E-state index in [-0.39, 0.29) is 35.9 Å². The fraction of sp³-hybridized carbons (Fsp3) is 0.515. The summed E-state index contributed by atoms with van der Waals surface area (Å²) in [5, 5.41) is 20.4. The van der Waals surface area contributed by atoms with Crippen molar-refractivity contribution in [2.75, 3.05) is 59.0 Å². The third-order valence-corrected chi connectivity index (χ3v) is 7.52. The molecule has 1 aliphatic heterocycles. The summed E-state index contributed by atoms with van der Waals surface area (Å²) in [7, 11) is 5.09. The maximum atomic E-state index is 13.9. The minimum atomic E-state index is -0.834. The predicted octanol–water partition coefficient (Wildman–Crippen LogP) is 4.48. The number of Topliss-reactive ketones (excluding diaryl/α,β-unsaturated/α-hetero) is 1. The zero-order valence-electron chi connectivity index (χ0n) is 27.0. The number of benzene rings is 2. The molecule has 3 N–H and O–H groups in total. The third kappa shape index (κ3) is 8.28. The maximum Gasteiger partial charge on any atom is 0.303 e. The third-order valence-electron chi connectivity index (χ3n) is 7.52. The number of hydrogen-bond donors (Lipinski definition) is 3. The monoisotopic (exact) mass is 610 g/mol. The predicted molar refractivity (Wildman–Crippen MR) is 170 cm³/mol. The fourth-order valence-corrected chi connectivity index (χ4v) is 5.08. The van der Waals surface area contributed by atoms with E-state index < -0.39 is 5.97 Å². The van der Waals surface area contributed by atoms with Crippen molar-refractivity contribution in [3.8, 4) is 11.5 Å². The average Bonchev–Trinajstić information content (AvgIpc) is 3.27. The van der Waals surface area contributed by atoms with Crippen LogP contribution in [0.25, 0.3) is 0 Å². The number of hydrogen-bond acceptors (Lipinski definition) is 8. The highest BCUT2D eigenvalue weighted by molar-refractivity contribution is 6.08. The van der Waals surface area contributed by atoms with E-state index in [1.54, 1.807) is 31.2 Å². The van der Waals surface area contributed by atoms with Crippen molar-refractivity contribution in [2.24, 2.45) is 0 Å². The first-order valence-corrected chi connectivity index (χ1v) is 14.9. The minimum absolute atomic E-state index is 0.0208. The minimum Gasteiger partial charge on any atom is -0.493 e. The van der Waals surface area contributed by atoms with Crippen molar-refractivity contribution >= 4 is 29.2 Å². The van der Waals surface area contributed by atoms with Gasteiger partial charge in [0.15, 0.2) is 5.78 Å². The highest BCUT2D eigenvalue weighted by atomic mass is 16.5. The van der Waals surface area contributed by atoms with Gasteiger partial charge in [-0.1, -0.05) is 20.8 Å². The SMILES string of the molecule is CCOc1cc2c(cc1C(=O)NC)C(=N)N(CC(=O)c1cc(N(C)CCOC)c(OCCCCC(=O)O)c(C(C)(C)C)c1)C2. The summed E-state index contributed by atoms with van der Waals surface area (Å²) in [5.41, 5.74) is 3.50. The summed E-state index contributed by atoms with van der Waals surface area (Å²) in [6.45, 7) is 10.1. The number of methoxy groups -OCH3 is 1. The first-order valence-electron chi connectivity index (χ1n) is 14.9. The molecule has 0 radical (unpaired) electrons. The Kier molecular flexibility index (Phi) is 11.8. The van der Waals surface area contributed by atoms with E-state index in [1.807, 2.05) is 31.0 Å². The zero-order chi connectivity index (χ0) is 32.6. The van der Waals surface area contributed by atoms with Crippen LogP contribution in [0.1, 0.15) is 84.4 Å². The number of ketones is 1. The van der Waals surface area contributed by atoms with E-state index in [0.717, 1.165) is 16.8 Å². The first kappa shape index (κ1) is 34.4. The van der Waals surface area contributed by atoms with Crippen LogP contribution in [0.3, 0.4) is 0 Å². The second kappa shape index (κ2) is 15.1. The van der Waals surface area contributed by atoms with Gasteiger partial charge >= 0.3 is 5.97 Å². The van der Waals surface area contributed by atoms with Crippen LogP contribution in [0.15, 0.2) is 24.3 Å². The van der Waals surface area contributed by atoms with Crippen molar-refractivity contribution < 1.29 is 33.7 Å². The quantitative estimate of drug-likeness (QED) is 0.185. The van der Waals surface area contributed by atoms with Crippen LogP contribution in [0.4, 0.5) is 5.69 Å². The number of fused-ring (bicyclic) bond motifs is 1. The van der Waals surface area contributed by atoms with Gasteiger partial charge in [-0.15, -0.1) is 0 Å². The molecule has 11 nitrogen and oxygen atoms in total. The van der Waals surface area contributed by atoms with Crippen molar-refractivity contribution in [1.82, 2.24) is 10.2 Å².